The minimum Gasteiger partial charge on any atom is -0.398 e. The summed E-state index contributed by atoms with van der Waals surface area (Å²) in [7, 11) is -3.32. The van der Waals surface area contributed by atoms with E-state index in [0.29, 0.717) is 22.5 Å². The zero-order chi connectivity index (χ0) is 14.3. The summed E-state index contributed by atoms with van der Waals surface area (Å²) in [4.78, 5) is 7.72. The molecule has 0 unspecified atom stereocenters. The number of hydrogen-bond donors (Lipinski definition) is 2. The topological polar surface area (TPSA) is 88.8 Å². The van der Waals surface area contributed by atoms with E-state index >= 15 is 0 Å². The molecule has 0 radical (unpaired) electrons. The molecule has 0 aliphatic carbocycles. The molecule has 20 heavy (non-hydrogen) atoms. The maximum Gasteiger partial charge on any atom is 0.177 e. The van der Waals surface area contributed by atoms with Crippen molar-refractivity contribution in [3.63, 3.8) is 0 Å². The number of fused-ring (bicyclic) bond motifs is 1. The van der Waals surface area contributed by atoms with E-state index in [1.54, 1.807) is 24.3 Å². The summed E-state index contributed by atoms with van der Waals surface area (Å²) in [5.74, 6) is 0.564. The van der Waals surface area contributed by atoms with Crippen molar-refractivity contribution in [1.29, 1.82) is 0 Å². The number of imidazole rings is 1. The molecule has 0 amide bonds. The molecule has 2 aromatic carbocycles. The van der Waals surface area contributed by atoms with Gasteiger partial charge in [-0.1, -0.05) is 18.2 Å². The Labute approximate surface area is 116 Å². The third-order valence-electron chi connectivity index (χ3n) is 3.09. The van der Waals surface area contributed by atoms with Crippen LogP contribution in [0.5, 0.6) is 0 Å². The highest BCUT2D eigenvalue weighted by molar-refractivity contribution is 7.91. The molecule has 0 aliphatic heterocycles. The van der Waals surface area contributed by atoms with Crippen LogP contribution < -0.4 is 5.73 Å². The first-order valence-electron chi connectivity index (χ1n) is 6.00. The molecule has 0 spiro atoms. The van der Waals surface area contributed by atoms with Gasteiger partial charge in [0.05, 0.1) is 10.4 Å². The predicted octanol–water partition coefficient (Wildman–Crippen LogP) is 2.22. The highest BCUT2D eigenvalue weighted by Gasteiger charge is 2.16. The second-order valence-corrected chi connectivity index (χ2v) is 6.58. The van der Waals surface area contributed by atoms with E-state index in [2.05, 4.69) is 9.97 Å². The number of anilines is 1. The molecule has 0 saturated heterocycles. The second kappa shape index (κ2) is 4.35. The highest BCUT2D eigenvalue weighted by Crippen LogP contribution is 2.28. The van der Waals surface area contributed by atoms with E-state index in [1.807, 2.05) is 18.2 Å². The largest absolute Gasteiger partial charge is 0.398 e. The van der Waals surface area contributed by atoms with E-state index in [1.165, 1.54) is 6.26 Å². The van der Waals surface area contributed by atoms with Crippen LogP contribution in [0.25, 0.3) is 22.4 Å². The number of para-hydroxylation sites is 2. The van der Waals surface area contributed by atoms with Gasteiger partial charge >= 0.3 is 0 Å². The van der Waals surface area contributed by atoms with Crippen LogP contribution in [0.1, 0.15) is 0 Å². The summed E-state index contributed by atoms with van der Waals surface area (Å²) in [6.07, 6.45) is 1.17. The molecule has 3 aromatic rings. The van der Waals surface area contributed by atoms with Crippen LogP contribution in [0.3, 0.4) is 0 Å². The van der Waals surface area contributed by atoms with Crippen molar-refractivity contribution in [2.24, 2.45) is 0 Å². The Hall–Kier alpha value is -2.34. The average Bonchev–Trinajstić information content (AvgIpc) is 2.81. The summed E-state index contributed by atoms with van der Waals surface area (Å²) < 4.78 is 23.6. The lowest BCUT2D eigenvalue weighted by atomic mass is 10.2. The zero-order valence-electron chi connectivity index (χ0n) is 10.8. The van der Waals surface area contributed by atoms with Gasteiger partial charge in [-0.2, -0.15) is 0 Å². The number of nitrogens with two attached hydrogens (primary N) is 1. The summed E-state index contributed by atoms with van der Waals surface area (Å²) in [5, 5.41) is 0. The van der Waals surface area contributed by atoms with Crippen LogP contribution in [0, 0.1) is 0 Å². The summed E-state index contributed by atoms with van der Waals surface area (Å²) in [6, 6.07) is 12.3. The zero-order valence-corrected chi connectivity index (χ0v) is 11.6. The first-order chi connectivity index (χ1) is 9.47. The van der Waals surface area contributed by atoms with Gasteiger partial charge in [-0.05, 0) is 24.3 Å². The Morgan fingerprint density at radius 3 is 2.55 bits per heavy atom. The number of benzene rings is 2. The first-order valence-corrected chi connectivity index (χ1v) is 7.89. The number of nitrogens with zero attached hydrogens (tertiary/aromatic N) is 1. The number of H-pyrrole nitrogens is 1. The van der Waals surface area contributed by atoms with Gasteiger partial charge < -0.3 is 10.7 Å². The third-order valence-corrected chi connectivity index (χ3v) is 4.22. The lowest BCUT2D eigenvalue weighted by Gasteiger charge is -2.00. The summed E-state index contributed by atoms with van der Waals surface area (Å²) in [5.41, 5.74) is 8.37. The van der Waals surface area contributed by atoms with E-state index in [0.717, 1.165) is 5.56 Å². The number of sulfone groups is 1. The molecule has 102 valence electrons. The molecule has 5 nitrogen and oxygen atoms in total. The van der Waals surface area contributed by atoms with Crippen LogP contribution in [-0.2, 0) is 9.84 Å². The van der Waals surface area contributed by atoms with Crippen molar-refractivity contribution >= 4 is 26.6 Å². The fourth-order valence-corrected chi connectivity index (χ4v) is 2.98. The molecular weight excluding hydrogens is 274 g/mol. The van der Waals surface area contributed by atoms with Crippen molar-refractivity contribution in [2.75, 3.05) is 12.0 Å². The fourth-order valence-electron chi connectivity index (χ4n) is 2.15. The number of aromatic amines is 1. The fraction of sp³-hybridized carbons (Fsp3) is 0.0714. The predicted molar refractivity (Wildman–Crippen MR) is 79.1 cm³/mol. The Kier molecular flexibility index (Phi) is 2.76. The molecule has 1 heterocycles. The maximum atomic E-state index is 11.8. The van der Waals surface area contributed by atoms with Crippen LogP contribution in [-0.4, -0.2) is 24.6 Å². The Morgan fingerprint density at radius 1 is 1.10 bits per heavy atom. The summed E-state index contributed by atoms with van der Waals surface area (Å²) in [6.45, 7) is 0. The van der Waals surface area contributed by atoms with Crippen LogP contribution in [0.2, 0.25) is 0 Å². The lowest BCUT2D eigenvalue weighted by Crippen LogP contribution is -1.97. The molecule has 6 heteroatoms. The number of rotatable bonds is 2. The molecule has 0 atom stereocenters. The number of nitrogens with one attached hydrogen (secondary N) is 1. The van der Waals surface area contributed by atoms with Gasteiger partial charge in [0.1, 0.15) is 11.3 Å². The SMILES string of the molecule is CS(=O)(=O)c1cccc2[nH]c(-c3ccccc3N)nc12. The van der Waals surface area contributed by atoms with Gasteiger partial charge in [-0.25, -0.2) is 13.4 Å². The number of aromatic nitrogens is 2. The van der Waals surface area contributed by atoms with Crippen molar-refractivity contribution < 1.29 is 8.42 Å². The van der Waals surface area contributed by atoms with Crippen molar-refractivity contribution in [1.82, 2.24) is 9.97 Å². The van der Waals surface area contributed by atoms with Crippen molar-refractivity contribution in [2.45, 2.75) is 4.90 Å². The van der Waals surface area contributed by atoms with E-state index in [4.69, 9.17) is 5.73 Å². The molecule has 0 saturated carbocycles. The van der Waals surface area contributed by atoms with Crippen LogP contribution >= 0.6 is 0 Å². The standard InChI is InChI=1S/C14H13N3O2S/c1-20(18,19)12-8-4-7-11-13(12)17-14(16-11)9-5-2-3-6-10(9)15/h2-8H,15H2,1H3,(H,16,17). The second-order valence-electron chi connectivity index (χ2n) is 4.60. The molecule has 0 bridgehead atoms. The molecule has 0 aliphatic rings. The molecule has 1 aromatic heterocycles. The highest BCUT2D eigenvalue weighted by atomic mass is 32.2. The van der Waals surface area contributed by atoms with Gasteiger partial charge in [-0.15, -0.1) is 0 Å². The average molecular weight is 287 g/mol. The van der Waals surface area contributed by atoms with Crippen LogP contribution in [0.4, 0.5) is 5.69 Å². The van der Waals surface area contributed by atoms with Gasteiger partial charge in [0.15, 0.2) is 9.84 Å². The van der Waals surface area contributed by atoms with E-state index < -0.39 is 9.84 Å². The molecule has 0 fully saturated rings. The molecule has 3 rings (SSSR count). The van der Waals surface area contributed by atoms with Crippen molar-refractivity contribution in [3.8, 4) is 11.4 Å². The van der Waals surface area contributed by atoms with Gasteiger partial charge in [0, 0.05) is 17.5 Å². The van der Waals surface area contributed by atoms with Gasteiger partial charge in [-0.3, -0.25) is 0 Å². The lowest BCUT2D eigenvalue weighted by molar-refractivity contribution is 0.602. The minimum atomic E-state index is -3.32. The summed E-state index contributed by atoms with van der Waals surface area (Å²) >= 11 is 0. The molecule has 3 N–H and O–H groups in total. The number of nitrogen functional groups attached to an aromatic ring is 1. The number of hydrogen-bond acceptors (Lipinski definition) is 4. The molecular formula is C14H13N3O2S. The Balaban J connectivity index is 2.30. The Morgan fingerprint density at radius 2 is 1.85 bits per heavy atom. The third kappa shape index (κ3) is 2.04. The quantitative estimate of drug-likeness (QED) is 0.707. The van der Waals surface area contributed by atoms with Crippen LogP contribution in [0.15, 0.2) is 47.4 Å². The van der Waals surface area contributed by atoms with E-state index in [9.17, 15) is 8.42 Å². The maximum absolute atomic E-state index is 11.8. The minimum absolute atomic E-state index is 0.215. The van der Waals surface area contributed by atoms with E-state index in [-0.39, 0.29) is 4.90 Å². The monoisotopic (exact) mass is 287 g/mol. The van der Waals surface area contributed by atoms with Gasteiger partial charge in [0.2, 0.25) is 0 Å². The van der Waals surface area contributed by atoms with Crippen molar-refractivity contribution in [3.05, 3.63) is 42.5 Å². The van der Waals surface area contributed by atoms with Gasteiger partial charge in [0.25, 0.3) is 0 Å². The smallest absolute Gasteiger partial charge is 0.177 e. The normalized spacial score (nSPS) is 11.8. The first kappa shape index (κ1) is 12.7. The Bertz CT molecular complexity index is 898.